The van der Waals surface area contributed by atoms with Crippen molar-refractivity contribution in [2.24, 2.45) is 0 Å². The molecular weight excluding hydrogens is 440 g/mol. The Kier molecular flexibility index (Phi) is 7.04. The predicted molar refractivity (Wildman–Crippen MR) is 121 cm³/mol. The molecule has 0 radical (unpaired) electrons. The summed E-state index contributed by atoms with van der Waals surface area (Å²) >= 11 is 5.89. The van der Waals surface area contributed by atoms with Gasteiger partial charge in [0, 0.05) is 17.6 Å². The predicted octanol–water partition coefficient (Wildman–Crippen LogP) is 4.50. The first-order valence-electron chi connectivity index (χ1n) is 9.31. The average Bonchev–Trinajstić information content (AvgIpc) is 2.75. The van der Waals surface area contributed by atoms with Crippen LogP contribution in [-0.2, 0) is 16.4 Å². The van der Waals surface area contributed by atoms with Crippen LogP contribution in [0.1, 0.15) is 15.9 Å². The lowest BCUT2D eigenvalue weighted by molar-refractivity contribution is 0.0696. The Morgan fingerprint density at radius 3 is 2.48 bits per heavy atom. The highest BCUT2D eigenvalue weighted by atomic mass is 35.5. The summed E-state index contributed by atoms with van der Waals surface area (Å²) in [5, 5.41) is 13.0. The summed E-state index contributed by atoms with van der Waals surface area (Å²) < 4.78 is 33.7. The number of aromatic carboxylic acids is 1. The van der Waals surface area contributed by atoms with Gasteiger partial charge < -0.3 is 15.2 Å². The van der Waals surface area contributed by atoms with Crippen molar-refractivity contribution in [3.63, 3.8) is 0 Å². The van der Waals surface area contributed by atoms with Crippen LogP contribution >= 0.6 is 11.6 Å². The number of nitrogens with one attached hydrogen (secondary N) is 2. The molecule has 0 aliphatic carbocycles. The Hall–Kier alpha value is -3.23. The van der Waals surface area contributed by atoms with Crippen molar-refractivity contribution in [2.75, 3.05) is 23.7 Å². The van der Waals surface area contributed by atoms with E-state index in [4.69, 9.17) is 16.3 Å². The van der Waals surface area contributed by atoms with Gasteiger partial charge in [0.2, 0.25) is 0 Å². The van der Waals surface area contributed by atoms with Gasteiger partial charge >= 0.3 is 5.97 Å². The number of methoxy groups -OCH3 is 1. The first-order valence-corrected chi connectivity index (χ1v) is 11.2. The number of rotatable bonds is 9. The van der Waals surface area contributed by atoms with E-state index in [-0.39, 0.29) is 10.5 Å². The molecule has 0 atom stereocenters. The second-order valence-corrected chi connectivity index (χ2v) is 8.74. The molecule has 0 fully saturated rings. The van der Waals surface area contributed by atoms with Crippen LogP contribution in [0.4, 0.5) is 11.4 Å². The quantitative estimate of drug-likeness (QED) is 0.434. The molecule has 0 aliphatic heterocycles. The average molecular weight is 461 g/mol. The molecule has 0 spiro atoms. The van der Waals surface area contributed by atoms with Crippen LogP contribution in [0.15, 0.2) is 71.6 Å². The molecule has 3 N–H and O–H groups in total. The van der Waals surface area contributed by atoms with Gasteiger partial charge in [-0.2, -0.15) is 0 Å². The highest BCUT2D eigenvalue weighted by molar-refractivity contribution is 7.92. The maximum Gasteiger partial charge on any atom is 0.335 e. The molecule has 7 nitrogen and oxygen atoms in total. The number of hydrogen-bond donors (Lipinski definition) is 3. The minimum atomic E-state index is -4.07. The minimum absolute atomic E-state index is 0.130. The number of carbonyl (C=O) groups is 1. The van der Waals surface area contributed by atoms with Gasteiger partial charge in [-0.15, -0.1) is 0 Å². The number of halogens is 1. The third-order valence-corrected chi connectivity index (χ3v) is 6.16. The van der Waals surface area contributed by atoms with Crippen LogP contribution in [0.5, 0.6) is 5.75 Å². The van der Waals surface area contributed by atoms with Crippen molar-refractivity contribution in [2.45, 2.75) is 11.3 Å². The Balaban J connectivity index is 1.86. The van der Waals surface area contributed by atoms with Gasteiger partial charge in [-0.05, 0) is 54.4 Å². The summed E-state index contributed by atoms with van der Waals surface area (Å²) in [7, 11) is -2.60. The van der Waals surface area contributed by atoms with Gasteiger partial charge in [0.15, 0.2) is 0 Å². The standard InChI is InChI=1S/C22H21ClN2O5S/c1-30-19-4-2-3-18(14-19)25-31(28,29)21-13-16(22(26)27)7-10-20(21)24-12-11-15-5-8-17(23)9-6-15/h2-10,13-14,24-25H,11-12H2,1H3,(H,26,27). The normalized spacial score (nSPS) is 11.0. The molecule has 0 unspecified atom stereocenters. The van der Waals surface area contributed by atoms with E-state index in [0.29, 0.717) is 35.1 Å². The molecule has 0 amide bonds. The Morgan fingerprint density at radius 1 is 1.06 bits per heavy atom. The van der Waals surface area contributed by atoms with Gasteiger partial charge in [0.05, 0.1) is 24.0 Å². The molecule has 162 valence electrons. The smallest absolute Gasteiger partial charge is 0.335 e. The lowest BCUT2D eigenvalue weighted by Crippen LogP contribution is -2.17. The van der Waals surface area contributed by atoms with Crippen LogP contribution in [0.25, 0.3) is 0 Å². The van der Waals surface area contributed by atoms with Gasteiger partial charge in [-0.1, -0.05) is 29.8 Å². The third kappa shape index (κ3) is 5.90. The van der Waals surface area contributed by atoms with Gasteiger partial charge in [-0.3, -0.25) is 4.72 Å². The molecule has 0 heterocycles. The zero-order valence-corrected chi connectivity index (χ0v) is 18.2. The highest BCUT2D eigenvalue weighted by Gasteiger charge is 2.21. The third-order valence-electron chi connectivity index (χ3n) is 4.48. The van der Waals surface area contributed by atoms with E-state index >= 15 is 0 Å². The van der Waals surface area contributed by atoms with Crippen LogP contribution in [0.3, 0.4) is 0 Å². The molecule has 3 rings (SSSR count). The first-order chi connectivity index (χ1) is 14.8. The van der Waals surface area contributed by atoms with E-state index < -0.39 is 16.0 Å². The fraction of sp³-hybridized carbons (Fsp3) is 0.136. The lowest BCUT2D eigenvalue weighted by atomic mass is 10.1. The van der Waals surface area contributed by atoms with Crippen LogP contribution in [0, 0.1) is 0 Å². The second-order valence-electron chi connectivity index (χ2n) is 6.66. The van der Waals surface area contributed by atoms with Crippen molar-refractivity contribution in [3.05, 3.63) is 82.9 Å². The second kappa shape index (κ2) is 9.72. The summed E-state index contributed by atoms with van der Waals surface area (Å²) in [5.41, 5.74) is 1.49. The van der Waals surface area contributed by atoms with E-state index in [9.17, 15) is 18.3 Å². The van der Waals surface area contributed by atoms with Crippen LogP contribution < -0.4 is 14.8 Å². The van der Waals surface area contributed by atoms with Gasteiger partial charge in [0.1, 0.15) is 10.6 Å². The van der Waals surface area contributed by atoms with Crippen molar-refractivity contribution in [1.29, 1.82) is 0 Å². The lowest BCUT2D eigenvalue weighted by Gasteiger charge is -2.15. The number of ether oxygens (including phenoxy) is 1. The zero-order chi connectivity index (χ0) is 22.4. The molecule has 0 bridgehead atoms. The SMILES string of the molecule is COc1cccc(NS(=O)(=O)c2cc(C(=O)O)ccc2NCCc2ccc(Cl)cc2)c1. The molecule has 0 aromatic heterocycles. The molecule has 3 aromatic rings. The number of sulfonamides is 1. The summed E-state index contributed by atoms with van der Waals surface area (Å²) in [4.78, 5) is 11.2. The molecule has 0 saturated heterocycles. The molecule has 9 heteroatoms. The topological polar surface area (TPSA) is 105 Å². The number of carboxylic acid groups (broad SMARTS) is 1. The molecule has 0 saturated carbocycles. The van der Waals surface area contributed by atoms with Crippen LogP contribution in [-0.4, -0.2) is 33.1 Å². The molecule has 0 aliphatic rings. The van der Waals surface area contributed by atoms with Gasteiger partial charge in [-0.25, -0.2) is 13.2 Å². The van der Waals surface area contributed by atoms with Crippen molar-refractivity contribution < 1.29 is 23.1 Å². The van der Waals surface area contributed by atoms with Crippen LogP contribution in [0.2, 0.25) is 5.02 Å². The van der Waals surface area contributed by atoms with Crippen molar-refractivity contribution in [3.8, 4) is 5.75 Å². The molecule has 31 heavy (non-hydrogen) atoms. The van der Waals surface area contributed by atoms with E-state index in [2.05, 4.69) is 10.0 Å². The highest BCUT2D eigenvalue weighted by Crippen LogP contribution is 2.27. The summed E-state index contributed by atoms with van der Waals surface area (Å²) in [6, 6.07) is 17.7. The molecular formula is C22H21ClN2O5S. The van der Waals surface area contributed by atoms with Gasteiger partial charge in [0.25, 0.3) is 10.0 Å². The monoisotopic (exact) mass is 460 g/mol. The molecule has 3 aromatic carbocycles. The maximum absolute atomic E-state index is 13.1. The van der Waals surface area contributed by atoms with Crippen molar-refractivity contribution >= 4 is 39.0 Å². The Bertz CT molecular complexity index is 1180. The van der Waals surface area contributed by atoms with E-state index in [1.807, 2.05) is 12.1 Å². The fourth-order valence-electron chi connectivity index (χ4n) is 2.91. The first kappa shape index (κ1) is 22.5. The Labute approximate surface area is 185 Å². The maximum atomic E-state index is 13.1. The zero-order valence-electron chi connectivity index (χ0n) is 16.6. The number of hydrogen-bond acceptors (Lipinski definition) is 5. The minimum Gasteiger partial charge on any atom is -0.497 e. The van der Waals surface area contributed by atoms with Crippen molar-refractivity contribution in [1.82, 2.24) is 0 Å². The van der Waals surface area contributed by atoms with E-state index in [0.717, 1.165) is 11.6 Å². The largest absolute Gasteiger partial charge is 0.497 e. The number of anilines is 2. The summed E-state index contributed by atoms with van der Waals surface area (Å²) in [5.74, 6) is -0.730. The summed E-state index contributed by atoms with van der Waals surface area (Å²) in [6.45, 7) is 0.440. The Morgan fingerprint density at radius 2 is 1.81 bits per heavy atom. The number of carboxylic acids is 1. The van der Waals surface area contributed by atoms with E-state index in [1.165, 1.54) is 25.3 Å². The summed E-state index contributed by atoms with van der Waals surface area (Å²) in [6.07, 6.45) is 0.626. The number of benzene rings is 3. The van der Waals surface area contributed by atoms with E-state index in [1.54, 1.807) is 30.3 Å². The fourth-order valence-corrected chi connectivity index (χ4v) is 4.30.